The van der Waals surface area contributed by atoms with E-state index in [2.05, 4.69) is 4.90 Å². The van der Waals surface area contributed by atoms with Crippen molar-refractivity contribution in [1.29, 1.82) is 0 Å². The Labute approximate surface area is 118 Å². The van der Waals surface area contributed by atoms with Gasteiger partial charge in [0.15, 0.2) is 17.3 Å². The molecule has 0 saturated carbocycles. The lowest BCUT2D eigenvalue weighted by atomic mass is 9.84. The minimum Gasteiger partial charge on any atom is -0.504 e. The molecule has 3 heterocycles. The van der Waals surface area contributed by atoms with Gasteiger partial charge < -0.3 is 14.7 Å². The highest BCUT2D eigenvalue weighted by Gasteiger charge is 2.36. The number of rotatable bonds is 3. The van der Waals surface area contributed by atoms with Gasteiger partial charge in [0.2, 0.25) is 0 Å². The molecule has 1 N–H and O–H groups in total. The molecule has 4 rings (SSSR count). The molecule has 0 amide bonds. The molecule has 0 aromatic heterocycles. The van der Waals surface area contributed by atoms with Crippen LogP contribution >= 0.6 is 0 Å². The number of allylic oxidation sites excluding steroid dienone is 1. The molecule has 0 atom stereocenters. The molecule has 0 radical (unpaired) electrons. The van der Waals surface area contributed by atoms with Gasteiger partial charge >= 0.3 is 0 Å². The summed E-state index contributed by atoms with van der Waals surface area (Å²) >= 11 is 0. The fourth-order valence-corrected chi connectivity index (χ4v) is 2.96. The minimum atomic E-state index is 0.130. The highest BCUT2D eigenvalue weighted by molar-refractivity contribution is 6.01. The van der Waals surface area contributed by atoms with E-state index in [1.807, 2.05) is 19.1 Å². The summed E-state index contributed by atoms with van der Waals surface area (Å²) in [6, 6.07) is 5.20. The van der Waals surface area contributed by atoms with Crippen molar-refractivity contribution < 1.29 is 14.6 Å². The molecule has 3 fully saturated rings. The molecule has 4 nitrogen and oxygen atoms in total. The van der Waals surface area contributed by atoms with E-state index in [4.69, 9.17) is 4.74 Å². The zero-order valence-corrected chi connectivity index (χ0v) is 11.6. The second-order valence-corrected chi connectivity index (χ2v) is 5.32. The molecular formula is C16H19NO3. The van der Waals surface area contributed by atoms with E-state index >= 15 is 0 Å². The minimum absolute atomic E-state index is 0.130. The van der Waals surface area contributed by atoms with Crippen LogP contribution in [0.5, 0.6) is 11.5 Å². The molecule has 1 aromatic rings. The average molecular weight is 273 g/mol. The van der Waals surface area contributed by atoms with Gasteiger partial charge in [-0.2, -0.15) is 0 Å². The lowest BCUT2D eigenvalue weighted by Gasteiger charge is -2.41. The third-order valence-electron chi connectivity index (χ3n) is 4.05. The van der Waals surface area contributed by atoms with Gasteiger partial charge in [0, 0.05) is 19.0 Å². The standard InChI is InChI=1S/C16H19NO3/c1-2-20-15-10-11(3-4-14(15)18)9-13-16(19)12-5-7-17(13)8-6-12/h3-4,9-10,12,18H,2,5-8H2,1H3/b13-9-. The zero-order chi connectivity index (χ0) is 14.1. The number of phenols is 1. The number of fused-ring (bicyclic) bond motifs is 3. The third-order valence-corrected chi connectivity index (χ3v) is 4.05. The van der Waals surface area contributed by atoms with Crippen LogP contribution in [0.1, 0.15) is 25.3 Å². The number of phenolic OH excluding ortho intramolecular Hbond substituents is 1. The van der Waals surface area contributed by atoms with Crippen molar-refractivity contribution in [3.05, 3.63) is 29.5 Å². The number of carbonyl (C=O) groups is 1. The number of carbonyl (C=O) groups excluding carboxylic acids is 1. The Kier molecular flexibility index (Phi) is 3.38. The Bertz CT molecular complexity index is 557. The first-order chi connectivity index (χ1) is 9.69. The smallest absolute Gasteiger partial charge is 0.182 e. The monoisotopic (exact) mass is 273 g/mol. The quantitative estimate of drug-likeness (QED) is 0.859. The second-order valence-electron chi connectivity index (χ2n) is 5.32. The van der Waals surface area contributed by atoms with E-state index < -0.39 is 0 Å². The first-order valence-corrected chi connectivity index (χ1v) is 7.15. The van der Waals surface area contributed by atoms with Crippen LogP contribution in [0, 0.1) is 5.92 Å². The Balaban J connectivity index is 1.91. The molecule has 106 valence electrons. The van der Waals surface area contributed by atoms with E-state index in [0.717, 1.165) is 37.2 Å². The predicted octanol–water partition coefficient (Wildman–Crippen LogP) is 2.43. The van der Waals surface area contributed by atoms with Crippen LogP contribution in [0.3, 0.4) is 0 Å². The highest BCUT2D eigenvalue weighted by atomic mass is 16.5. The van der Waals surface area contributed by atoms with E-state index in [-0.39, 0.29) is 17.5 Å². The van der Waals surface area contributed by atoms with Crippen LogP contribution < -0.4 is 4.74 Å². The van der Waals surface area contributed by atoms with E-state index in [0.29, 0.717) is 12.4 Å². The van der Waals surface area contributed by atoms with Gasteiger partial charge in [0.25, 0.3) is 0 Å². The highest BCUT2D eigenvalue weighted by Crippen LogP contribution is 2.34. The SMILES string of the molecule is CCOc1cc(/C=C2/C(=O)C3CCN2CC3)ccc1O. The van der Waals surface area contributed by atoms with Gasteiger partial charge in [-0.1, -0.05) is 6.07 Å². The Morgan fingerprint density at radius 1 is 1.40 bits per heavy atom. The normalized spacial score (nSPS) is 20.8. The van der Waals surface area contributed by atoms with Crippen LogP contribution in [-0.4, -0.2) is 35.5 Å². The van der Waals surface area contributed by atoms with Crippen molar-refractivity contribution in [2.75, 3.05) is 19.7 Å². The predicted molar refractivity (Wildman–Crippen MR) is 76.6 cm³/mol. The van der Waals surface area contributed by atoms with E-state index in [9.17, 15) is 9.90 Å². The molecule has 0 spiro atoms. The molecule has 20 heavy (non-hydrogen) atoms. The Hall–Kier alpha value is -1.97. The number of benzene rings is 1. The average Bonchev–Trinajstić information content (AvgIpc) is 2.47. The van der Waals surface area contributed by atoms with Crippen molar-refractivity contribution in [2.45, 2.75) is 19.8 Å². The maximum Gasteiger partial charge on any atom is 0.182 e. The summed E-state index contributed by atoms with van der Waals surface area (Å²) < 4.78 is 5.38. The summed E-state index contributed by atoms with van der Waals surface area (Å²) in [5.74, 6) is 1.05. The number of hydrogen-bond donors (Lipinski definition) is 1. The van der Waals surface area contributed by atoms with Crippen molar-refractivity contribution in [2.24, 2.45) is 5.92 Å². The van der Waals surface area contributed by atoms with E-state index in [1.165, 1.54) is 0 Å². The molecule has 3 aliphatic heterocycles. The van der Waals surface area contributed by atoms with Crippen LogP contribution in [-0.2, 0) is 4.79 Å². The number of ether oxygens (including phenoxy) is 1. The first kappa shape index (κ1) is 13.0. The maximum absolute atomic E-state index is 12.3. The number of aromatic hydroxyl groups is 1. The van der Waals surface area contributed by atoms with Gasteiger partial charge in [0.05, 0.1) is 12.3 Å². The Morgan fingerprint density at radius 3 is 2.80 bits per heavy atom. The Morgan fingerprint density at radius 2 is 2.15 bits per heavy atom. The number of hydrogen-bond acceptors (Lipinski definition) is 4. The fraction of sp³-hybridized carbons (Fsp3) is 0.438. The van der Waals surface area contributed by atoms with E-state index in [1.54, 1.807) is 12.1 Å². The summed E-state index contributed by atoms with van der Waals surface area (Å²) in [6.07, 6.45) is 3.88. The molecule has 0 aliphatic carbocycles. The topological polar surface area (TPSA) is 49.8 Å². The van der Waals surface area contributed by atoms with Gasteiger partial charge in [0.1, 0.15) is 0 Å². The molecule has 4 heteroatoms. The van der Waals surface area contributed by atoms with Crippen molar-refractivity contribution >= 4 is 11.9 Å². The fourth-order valence-electron chi connectivity index (χ4n) is 2.96. The molecule has 1 aromatic carbocycles. The number of nitrogens with zero attached hydrogens (tertiary/aromatic N) is 1. The van der Waals surface area contributed by atoms with Crippen molar-refractivity contribution in [3.63, 3.8) is 0 Å². The molecule has 3 aliphatic rings. The zero-order valence-electron chi connectivity index (χ0n) is 11.6. The molecular weight excluding hydrogens is 254 g/mol. The molecule has 3 saturated heterocycles. The van der Waals surface area contributed by atoms with Gasteiger partial charge in [-0.15, -0.1) is 0 Å². The van der Waals surface area contributed by atoms with Gasteiger partial charge in [-0.25, -0.2) is 0 Å². The van der Waals surface area contributed by atoms with Gasteiger partial charge in [-0.3, -0.25) is 4.79 Å². The second kappa shape index (κ2) is 5.19. The summed E-state index contributed by atoms with van der Waals surface area (Å²) in [4.78, 5) is 14.4. The van der Waals surface area contributed by atoms with Crippen LogP contribution in [0.2, 0.25) is 0 Å². The summed E-state index contributed by atoms with van der Waals surface area (Å²) in [5.41, 5.74) is 1.70. The largest absolute Gasteiger partial charge is 0.504 e. The maximum atomic E-state index is 12.3. The van der Waals surface area contributed by atoms with Crippen LogP contribution in [0.25, 0.3) is 6.08 Å². The van der Waals surface area contributed by atoms with Gasteiger partial charge in [-0.05, 0) is 43.5 Å². The molecule has 2 bridgehead atoms. The summed E-state index contributed by atoms with van der Waals surface area (Å²) in [5, 5.41) is 9.71. The van der Waals surface area contributed by atoms with Crippen LogP contribution in [0.4, 0.5) is 0 Å². The van der Waals surface area contributed by atoms with Crippen LogP contribution in [0.15, 0.2) is 23.9 Å². The first-order valence-electron chi connectivity index (χ1n) is 7.15. The van der Waals surface area contributed by atoms with Crippen molar-refractivity contribution in [1.82, 2.24) is 4.90 Å². The third kappa shape index (κ3) is 2.26. The summed E-state index contributed by atoms with van der Waals surface area (Å²) in [6.45, 7) is 4.32. The lowest BCUT2D eigenvalue weighted by molar-refractivity contribution is -0.125. The van der Waals surface area contributed by atoms with Crippen molar-refractivity contribution in [3.8, 4) is 11.5 Å². The number of Topliss-reactive ketones (excluding diaryl/α,β-unsaturated/α-hetero) is 1. The number of ketones is 1. The summed E-state index contributed by atoms with van der Waals surface area (Å²) in [7, 11) is 0. The lowest BCUT2D eigenvalue weighted by Crippen LogP contribution is -2.45. The molecule has 0 unspecified atom stereocenters. The number of piperidine rings is 3.